The summed E-state index contributed by atoms with van der Waals surface area (Å²) in [5, 5.41) is 3.32. The number of anilines is 2. The van der Waals surface area contributed by atoms with E-state index in [-0.39, 0.29) is 5.92 Å². The maximum absolute atomic E-state index is 13.2. The van der Waals surface area contributed by atoms with Crippen molar-refractivity contribution in [3.05, 3.63) is 48.1 Å². The number of hydrogen-bond acceptors (Lipinski definition) is 6. The largest absolute Gasteiger partial charge is 0.355 e. The number of aromatic nitrogens is 2. The summed E-state index contributed by atoms with van der Waals surface area (Å²) in [4.78, 5) is 28.9. The highest BCUT2D eigenvalue weighted by atomic mass is 32.1. The van der Waals surface area contributed by atoms with Gasteiger partial charge in [0.1, 0.15) is 11.6 Å². The Hall–Kier alpha value is -2.67. The molecule has 0 aliphatic carbocycles. The average Bonchev–Trinajstić information content (AvgIpc) is 3.28. The van der Waals surface area contributed by atoms with Crippen molar-refractivity contribution in [1.29, 1.82) is 0 Å². The van der Waals surface area contributed by atoms with E-state index < -0.39 is 0 Å². The van der Waals surface area contributed by atoms with Gasteiger partial charge in [-0.3, -0.25) is 4.79 Å². The molecular formula is C22H25N5OS. The Morgan fingerprint density at radius 3 is 2.69 bits per heavy atom. The molecule has 1 unspecified atom stereocenters. The topological polar surface area (TPSA) is 52.6 Å². The first-order valence-corrected chi connectivity index (χ1v) is 11.2. The zero-order chi connectivity index (χ0) is 19.6. The van der Waals surface area contributed by atoms with Crippen molar-refractivity contribution in [2.24, 2.45) is 5.92 Å². The number of thiophene rings is 1. The second kappa shape index (κ2) is 7.99. The molecule has 0 aromatic carbocycles. The number of carbonyl (C=O) groups is 1. The number of fused-ring (bicyclic) bond motifs is 1. The Morgan fingerprint density at radius 1 is 0.966 bits per heavy atom. The lowest BCUT2D eigenvalue weighted by atomic mass is 9.96. The molecule has 0 saturated carbocycles. The summed E-state index contributed by atoms with van der Waals surface area (Å²) in [7, 11) is 0. The minimum absolute atomic E-state index is 0.0563. The standard InChI is InChI=1S/C22H25N5OS/c28-22(26-13-11-25(12-14-26)20-5-1-2-8-23-20)17-4-3-10-27(16-17)21-18-7-15-29-19(18)6-9-24-21/h1-2,5-9,15,17H,3-4,10-14,16H2. The number of piperidine rings is 1. The van der Waals surface area contributed by atoms with Gasteiger partial charge in [0.15, 0.2) is 0 Å². The first kappa shape index (κ1) is 18.4. The van der Waals surface area contributed by atoms with Gasteiger partial charge in [-0.15, -0.1) is 11.3 Å². The summed E-state index contributed by atoms with van der Waals surface area (Å²) in [5.41, 5.74) is 0. The lowest BCUT2D eigenvalue weighted by Crippen LogP contribution is -2.52. The van der Waals surface area contributed by atoms with E-state index in [1.54, 1.807) is 11.3 Å². The van der Waals surface area contributed by atoms with Gasteiger partial charge in [-0.25, -0.2) is 9.97 Å². The van der Waals surface area contributed by atoms with Crippen LogP contribution >= 0.6 is 11.3 Å². The second-order valence-electron chi connectivity index (χ2n) is 7.75. The molecule has 2 saturated heterocycles. The molecule has 0 radical (unpaired) electrons. The Balaban J connectivity index is 1.24. The molecule has 29 heavy (non-hydrogen) atoms. The molecule has 3 aromatic heterocycles. The van der Waals surface area contributed by atoms with E-state index in [9.17, 15) is 4.79 Å². The molecule has 6 nitrogen and oxygen atoms in total. The summed E-state index contributed by atoms with van der Waals surface area (Å²) in [6, 6.07) is 10.2. The van der Waals surface area contributed by atoms with Crippen LogP contribution in [0.25, 0.3) is 10.1 Å². The molecule has 5 heterocycles. The third kappa shape index (κ3) is 3.67. The summed E-state index contributed by atoms with van der Waals surface area (Å²) < 4.78 is 1.26. The van der Waals surface area contributed by atoms with E-state index >= 15 is 0 Å². The normalized spacial score (nSPS) is 20.3. The molecular weight excluding hydrogens is 382 g/mol. The first-order chi connectivity index (χ1) is 14.3. The molecule has 2 aliphatic rings. The molecule has 3 aromatic rings. The van der Waals surface area contributed by atoms with Gasteiger partial charge in [0.2, 0.25) is 5.91 Å². The number of hydrogen-bond donors (Lipinski definition) is 0. The van der Waals surface area contributed by atoms with Crippen LogP contribution in [0, 0.1) is 5.92 Å². The number of amides is 1. The summed E-state index contributed by atoms with van der Waals surface area (Å²) in [6.07, 6.45) is 5.71. The van der Waals surface area contributed by atoms with Crippen LogP contribution < -0.4 is 9.80 Å². The van der Waals surface area contributed by atoms with Crippen molar-refractivity contribution in [2.45, 2.75) is 12.8 Å². The highest BCUT2D eigenvalue weighted by Gasteiger charge is 2.32. The predicted octanol–water partition coefficient (Wildman–Crippen LogP) is 3.26. The van der Waals surface area contributed by atoms with E-state index in [0.717, 1.165) is 63.7 Å². The monoisotopic (exact) mass is 407 g/mol. The van der Waals surface area contributed by atoms with Crippen LogP contribution in [0.5, 0.6) is 0 Å². The quantitative estimate of drug-likeness (QED) is 0.667. The minimum Gasteiger partial charge on any atom is -0.355 e. The zero-order valence-electron chi connectivity index (χ0n) is 16.4. The van der Waals surface area contributed by atoms with E-state index in [0.29, 0.717) is 5.91 Å². The zero-order valence-corrected chi connectivity index (χ0v) is 17.2. The number of pyridine rings is 2. The van der Waals surface area contributed by atoms with Gasteiger partial charge in [-0.1, -0.05) is 6.07 Å². The summed E-state index contributed by atoms with van der Waals surface area (Å²) in [5.74, 6) is 2.38. The summed E-state index contributed by atoms with van der Waals surface area (Å²) >= 11 is 1.74. The van der Waals surface area contributed by atoms with Crippen LogP contribution in [0.4, 0.5) is 11.6 Å². The predicted molar refractivity (Wildman–Crippen MR) is 118 cm³/mol. The van der Waals surface area contributed by atoms with Crippen LogP contribution in [-0.4, -0.2) is 60.0 Å². The first-order valence-electron chi connectivity index (χ1n) is 10.3. The Bertz CT molecular complexity index is 983. The van der Waals surface area contributed by atoms with Crippen LogP contribution in [0.2, 0.25) is 0 Å². The van der Waals surface area contributed by atoms with Gasteiger partial charge in [-0.2, -0.15) is 0 Å². The minimum atomic E-state index is 0.0563. The third-order valence-electron chi connectivity index (χ3n) is 5.99. The fraction of sp³-hybridized carbons (Fsp3) is 0.409. The van der Waals surface area contributed by atoms with Crippen molar-refractivity contribution in [3.63, 3.8) is 0 Å². The summed E-state index contributed by atoms with van der Waals surface area (Å²) in [6.45, 7) is 4.96. The molecule has 5 rings (SSSR count). The fourth-order valence-corrected chi connectivity index (χ4v) is 5.23. The van der Waals surface area contributed by atoms with Gasteiger partial charge < -0.3 is 14.7 Å². The number of piperazine rings is 1. The van der Waals surface area contributed by atoms with Crippen LogP contribution in [0.3, 0.4) is 0 Å². The van der Waals surface area contributed by atoms with Crippen LogP contribution in [0.1, 0.15) is 12.8 Å². The molecule has 1 amide bonds. The maximum Gasteiger partial charge on any atom is 0.227 e. The number of carbonyl (C=O) groups excluding carboxylic acids is 1. The molecule has 150 valence electrons. The van der Waals surface area contributed by atoms with Gasteiger partial charge >= 0.3 is 0 Å². The molecule has 0 bridgehead atoms. The Kier molecular flexibility index (Phi) is 5.06. The molecule has 0 N–H and O–H groups in total. The molecule has 7 heteroatoms. The van der Waals surface area contributed by atoms with E-state index in [4.69, 9.17) is 0 Å². The fourth-order valence-electron chi connectivity index (χ4n) is 4.46. The molecule has 0 spiro atoms. The van der Waals surface area contributed by atoms with Crippen molar-refractivity contribution in [2.75, 3.05) is 49.1 Å². The second-order valence-corrected chi connectivity index (χ2v) is 8.70. The lowest BCUT2D eigenvalue weighted by molar-refractivity contribution is -0.136. The van der Waals surface area contributed by atoms with Gasteiger partial charge in [0.05, 0.1) is 5.92 Å². The van der Waals surface area contributed by atoms with E-state index in [2.05, 4.69) is 37.3 Å². The SMILES string of the molecule is O=C(C1CCCN(c2nccc3sccc23)C1)N1CCN(c2ccccn2)CC1. The van der Waals surface area contributed by atoms with Crippen LogP contribution in [0.15, 0.2) is 48.1 Å². The highest BCUT2D eigenvalue weighted by molar-refractivity contribution is 7.17. The maximum atomic E-state index is 13.2. The Labute approximate surface area is 174 Å². The third-order valence-corrected chi connectivity index (χ3v) is 6.88. The average molecular weight is 408 g/mol. The van der Waals surface area contributed by atoms with Gasteiger partial charge in [0, 0.05) is 61.7 Å². The van der Waals surface area contributed by atoms with Crippen molar-refractivity contribution < 1.29 is 4.79 Å². The highest BCUT2D eigenvalue weighted by Crippen LogP contribution is 2.31. The molecule has 1 atom stereocenters. The van der Waals surface area contributed by atoms with Gasteiger partial charge in [-0.05, 0) is 42.5 Å². The Morgan fingerprint density at radius 2 is 1.86 bits per heavy atom. The van der Waals surface area contributed by atoms with Crippen LogP contribution in [-0.2, 0) is 4.79 Å². The smallest absolute Gasteiger partial charge is 0.227 e. The lowest BCUT2D eigenvalue weighted by Gasteiger charge is -2.39. The van der Waals surface area contributed by atoms with Crippen molar-refractivity contribution in [1.82, 2.24) is 14.9 Å². The molecule has 2 fully saturated rings. The molecule has 2 aliphatic heterocycles. The van der Waals surface area contributed by atoms with Crippen molar-refractivity contribution >= 4 is 39.0 Å². The number of nitrogens with zero attached hydrogens (tertiary/aromatic N) is 5. The van der Waals surface area contributed by atoms with E-state index in [1.165, 1.54) is 10.1 Å². The van der Waals surface area contributed by atoms with Gasteiger partial charge in [0.25, 0.3) is 0 Å². The van der Waals surface area contributed by atoms with Crippen molar-refractivity contribution in [3.8, 4) is 0 Å². The van der Waals surface area contributed by atoms with E-state index in [1.807, 2.05) is 35.5 Å². The number of rotatable bonds is 3.